The molecule has 9 heteroatoms. The monoisotopic (exact) mass is 403 g/mol. The largest absolute Gasteiger partial charge is 0.383 e. The first-order valence-electron chi connectivity index (χ1n) is 9.34. The highest BCUT2D eigenvalue weighted by Gasteiger charge is 2.26. The van der Waals surface area contributed by atoms with E-state index in [1.54, 1.807) is 4.90 Å². The van der Waals surface area contributed by atoms with Gasteiger partial charge in [0.1, 0.15) is 5.82 Å². The SMILES string of the molecule is CCNC(=S)N(C[C@H]1CCCO1)c1c(N)n(Cc2ccccc2)c(=O)[nH]c1=O. The van der Waals surface area contributed by atoms with Crippen molar-refractivity contribution in [2.75, 3.05) is 30.3 Å². The highest BCUT2D eigenvalue weighted by atomic mass is 32.1. The lowest BCUT2D eigenvalue weighted by Crippen LogP contribution is -2.48. The Balaban J connectivity index is 2.03. The van der Waals surface area contributed by atoms with Crippen molar-refractivity contribution in [3.05, 3.63) is 56.7 Å². The molecular formula is C19H25N5O3S. The van der Waals surface area contributed by atoms with Gasteiger partial charge in [0.15, 0.2) is 10.8 Å². The van der Waals surface area contributed by atoms with E-state index in [0.29, 0.717) is 24.8 Å². The van der Waals surface area contributed by atoms with Gasteiger partial charge >= 0.3 is 5.69 Å². The van der Waals surface area contributed by atoms with E-state index in [1.165, 1.54) is 4.57 Å². The molecular weight excluding hydrogens is 378 g/mol. The fourth-order valence-corrected chi connectivity index (χ4v) is 3.59. The van der Waals surface area contributed by atoms with Gasteiger partial charge in [-0.2, -0.15) is 0 Å². The summed E-state index contributed by atoms with van der Waals surface area (Å²) in [6.45, 7) is 3.84. The molecule has 4 N–H and O–H groups in total. The summed E-state index contributed by atoms with van der Waals surface area (Å²) in [6, 6.07) is 9.45. The van der Waals surface area contributed by atoms with Crippen molar-refractivity contribution in [1.82, 2.24) is 14.9 Å². The molecule has 1 atom stereocenters. The van der Waals surface area contributed by atoms with Crippen LogP contribution in [0.5, 0.6) is 0 Å². The summed E-state index contributed by atoms with van der Waals surface area (Å²) in [4.78, 5) is 29.1. The lowest BCUT2D eigenvalue weighted by Gasteiger charge is -2.28. The van der Waals surface area contributed by atoms with Crippen molar-refractivity contribution in [1.29, 1.82) is 0 Å². The van der Waals surface area contributed by atoms with Crippen LogP contribution in [0.2, 0.25) is 0 Å². The topological polar surface area (TPSA) is 105 Å². The number of rotatable bonds is 6. The van der Waals surface area contributed by atoms with Gasteiger partial charge in [0.2, 0.25) is 0 Å². The van der Waals surface area contributed by atoms with Crippen LogP contribution in [0.3, 0.4) is 0 Å². The Morgan fingerprint density at radius 1 is 1.39 bits per heavy atom. The number of hydrogen-bond acceptors (Lipinski definition) is 5. The number of hydrogen-bond donors (Lipinski definition) is 3. The molecule has 150 valence electrons. The number of H-pyrrole nitrogens is 1. The first-order valence-corrected chi connectivity index (χ1v) is 9.75. The van der Waals surface area contributed by atoms with Gasteiger partial charge in [-0.05, 0) is 37.5 Å². The van der Waals surface area contributed by atoms with E-state index in [2.05, 4.69) is 10.3 Å². The first-order chi connectivity index (χ1) is 13.5. The summed E-state index contributed by atoms with van der Waals surface area (Å²) >= 11 is 5.48. The number of thiocarbonyl (C=S) groups is 1. The molecule has 1 aromatic heterocycles. The van der Waals surface area contributed by atoms with Crippen LogP contribution in [0.15, 0.2) is 39.9 Å². The number of benzene rings is 1. The molecule has 28 heavy (non-hydrogen) atoms. The summed E-state index contributed by atoms with van der Waals surface area (Å²) in [7, 11) is 0. The molecule has 0 unspecified atom stereocenters. The summed E-state index contributed by atoms with van der Waals surface area (Å²) in [6.07, 6.45) is 1.79. The van der Waals surface area contributed by atoms with Gasteiger partial charge in [0.05, 0.1) is 19.2 Å². The highest BCUT2D eigenvalue weighted by Crippen LogP contribution is 2.21. The Labute approximate surface area is 168 Å². The molecule has 2 heterocycles. The number of aromatic amines is 1. The molecule has 0 radical (unpaired) electrons. The smallest absolute Gasteiger partial charge is 0.330 e. The lowest BCUT2D eigenvalue weighted by atomic mass is 10.2. The summed E-state index contributed by atoms with van der Waals surface area (Å²) in [5, 5.41) is 3.44. The van der Waals surface area contributed by atoms with Crippen molar-refractivity contribution >= 4 is 28.8 Å². The number of anilines is 2. The molecule has 1 saturated heterocycles. The minimum atomic E-state index is -0.565. The first kappa shape index (κ1) is 20.1. The van der Waals surface area contributed by atoms with E-state index in [9.17, 15) is 9.59 Å². The molecule has 3 rings (SSSR count). The van der Waals surface area contributed by atoms with Crippen molar-refractivity contribution in [2.24, 2.45) is 0 Å². The molecule has 0 aliphatic carbocycles. The molecule has 2 aromatic rings. The van der Waals surface area contributed by atoms with E-state index in [1.807, 2.05) is 37.3 Å². The van der Waals surface area contributed by atoms with Crippen molar-refractivity contribution < 1.29 is 4.74 Å². The maximum atomic E-state index is 12.7. The average Bonchev–Trinajstić information content (AvgIpc) is 3.18. The van der Waals surface area contributed by atoms with Gasteiger partial charge in [-0.15, -0.1) is 0 Å². The van der Waals surface area contributed by atoms with Crippen LogP contribution in [0.1, 0.15) is 25.3 Å². The van der Waals surface area contributed by atoms with Gasteiger partial charge in [-0.3, -0.25) is 14.3 Å². The van der Waals surface area contributed by atoms with Crippen LogP contribution in [-0.2, 0) is 11.3 Å². The zero-order chi connectivity index (χ0) is 20.1. The quantitative estimate of drug-likeness (QED) is 0.619. The molecule has 0 spiro atoms. The maximum Gasteiger partial charge on any atom is 0.330 e. The fraction of sp³-hybridized carbons (Fsp3) is 0.421. The summed E-state index contributed by atoms with van der Waals surface area (Å²) < 4.78 is 7.06. The van der Waals surface area contributed by atoms with E-state index >= 15 is 0 Å². The number of nitrogens with two attached hydrogens (primary N) is 1. The van der Waals surface area contributed by atoms with Crippen LogP contribution in [0.4, 0.5) is 11.5 Å². The Kier molecular flexibility index (Phi) is 6.48. The van der Waals surface area contributed by atoms with Gasteiger partial charge in [-0.25, -0.2) is 4.79 Å². The lowest BCUT2D eigenvalue weighted by molar-refractivity contribution is 0.117. The maximum absolute atomic E-state index is 12.7. The minimum absolute atomic E-state index is 0.0510. The van der Waals surface area contributed by atoms with E-state index < -0.39 is 11.2 Å². The molecule has 0 saturated carbocycles. The predicted molar refractivity (Wildman–Crippen MR) is 114 cm³/mol. The highest BCUT2D eigenvalue weighted by molar-refractivity contribution is 7.80. The van der Waals surface area contributed by atoms with Gasteiger partial charge in [0.25, 0.3) is 5.56 Å². The standard InChI is InChI=1S/C19H25N5O3S/c1-2-21-19(28)23(12-14-9-6-10-27-14)15-16(20)24(18(26)22-17(15)25)11-13-7-4-3-5-8-13/h3-5,7-8,14H,2,6,9-12,20H2,1H3,(H,21,28)(H,22,25,26)/t14-/m1/s1. The molecule has 8 nitrogen and oxygen atoms in total. The third-order valence-electron chi connectivity index (χ3n) is 4.65. The molecule has 1 fully saturated rings. The van der Waals surface area contributed by atoms with Crippen LogP contribution in [0.25, 0.3) is 0 Å². The second-order valence-electron chi connectivity index (χ2n) is 6.65. The number of nitrogens with zero attached hydrogens (tertiary/aromatic N) is 2. The Morgan fingerprint density at radius 3 is 2.79 bits per heavy atom. The predicted octanol–water partition coefficient (Wildman–Crippen LogP) is 1.05. The van der Waals surface area contributed by atoms with E-state index in [-0.39, 0.29) is 24.2 Å². The van der Waals surface area contributed by atoms with E-state index in [4.69, 9.17) is 22.7 Å². The number of ether oxygens (including phenoxy) is 1. The zero-order valence-corrected chi connectivity index (χ0v) is 16.6. The van der Waals surface area contributed by atoms with E-state index in [0.717, 1.165) is 18.4 Å². The molecule has 0 amide bonds. The average molecular weight is 404 g/mol. The second-order valence-corrected chi connectivity index (χ2v) is 7.03. The zero-order valence-electron chi connectivity index (χ0n) is 15.8. The number of nitrogen functional groups attached to an aromatic ring is 1. The number of aromatic nitrogens is 2. The third kappa shape index (κ3) is 4.42. The van der Waals surface area contributed by atoms with Crippen LogP contribution in [-0.4, -0.2) is 40.5 Å². The minimum Gasteiger partial charge on any atom is -0.383 e. The van der Waals surface area contributed by atoms with Gasteiger partial charge < -0.3 is 20.7 Å². The summed E-state index contributed by atoms with van der Waals surface area (Å²) in [5.74, 6) is 0.0795. The van der Waals surface area contributed by atoms with Crippen LogP contribution >= 0.6 is 12.2 Å². The van der Waals surface area contributed by atoms with Gasteiger partial charge in [0, 0.05) is 13.2 Å². The molecule has 1 aromatic carbocycles. The Hall–Kier alpha value is -2.65. The van der Waals surface area contributed by atoms with Gasteiger partial charge in [-0.1, -0.05) is 30.3 Å². The van der Waals surface area contributed by atoms with Crippen LogP contribution < -0.4 is 27.2 Å². The Morgan fingerprint density at radius 2 is 2.14 bits per heavy atom. The van der Waals surface area contributed by atoms with Crippen LogP contribution in [0, 0.1) is 0 Å². The Bertz CT molecular complexity index is 935. The summed E-state index contributed by atoms with van der Waals surface area (Å²) in [5.41, 5.74) is 6.26. The molecule has 1 aliphatic heterocycles. The fourth-order valence-electron chi connectivity index (χ4n) is 3.28. The molecule has 0 bridgehead atoms. The van der Waals surface area contributed by atoms with Crippen molar-refractivity contribution in [2.45, 2.75) is 32.4 Å². The third-order valence-corrected chi connectivity index (χ3v) is 5.02. The molecule has 1 aliphatic rings. The van der Waals surface area contributed by atoms with Crippen molar-refractivity contribution in [3.8, 4) is 0 Å². The normalized spacial score (nSPS) is 16.1. The number of nitrogens with one attached hydrogen (secondary N) is 2. The second kappa shape index (κ2) is 9.03. The van der Waals surface area contributed by atoms with Crippen molar-refractivity contribution in [3.63, 3.8) is 0 Å².